The van der Waals surface area contributed by atoms with Crippen LogP contribution in [0.1, 0.15) is 5.56 Å². The maximum atomic E-state index is 14.3. The molecule has 0 aliphatic carbocycles. The van der Waals surface area contributed by atoms with E-state index >= 15 is 0 Å². The lowest BCUT2D eigenvalue weighted by molar-refractivity contribution is 0.253. The fraction of sp³-hybridized carbons (Fsp3) is 0.0500. The fourth-order valence-corrected chi connectivity index (χ4v) is 4.51. The zero-order valence-corrected chi connectivity index (χ0v) is 15.9. The lowest BCUT2D eigenvalue weighted by atomic mass is 10.2. The largest absolute Gasteiger partial charge is 0.587 e. The first-order valence-electron chi connectivity index (χ1n) is 8.28. The molecule has 0 spiro atoms. The molecule has 0 bridgehead atoms. The van der Waals surface area contributed by atoms with Crippen LogP contribution >= 0.6 is 11.6 Å². The normalized spacial score (nSPS) is 16.3. The Morgan fingerprint density at radius 1 is 0.964 bits per heavy atom. The smallest absolute Gasteiger partial charge is 0.371 e. The number of hydrogen-bond acceptors (Lipinski definition) is 2. The monoisotopic (exact) mass is 418 g/mol. The molecule has 8 heteroatoms. The lowest BCUT2D eigenvalue weighted by Crippen LogP contribution is -2.50. The summed E-state index contributed by atoms with van der Waals surface area (Å²) in [6, 6.07) is 15.4. The van der Waals surface area contributed by atoms with Crippen LogP contribution in [0.5, 0.6) is 0 Å². The first kappa shape index (κ1) is 18.7. The Balaban J connectivity index is 1.82. The van der Waals surface area contributed by atoms with Crippen molar-refractivity contribution in [1.82, 2.24) is 0 Å². The third-order valence-electron chi connectivity index (χ3n) is 4.35. The molecule has 1 heterocycles. The van der Waals surface area contributed by atoms with E-state index < -0.39 is 29.0 Å². The molecule has 1 aliphatic rings. The predicted octanol–water partition coefficient (Wildman–Crippen LogP) is 5.29. The summed E-state index contributed by atoms with van der Waals surface area (Å²) in [7, 11) is 0. The first-order valence-corrected chi connectivity index (χ1v) is 9.77. The molecule has 28 heavy (non-hydrogen) atoms. The van der Waals surface area contributed by atoms with Gasteiger partial charge in [-0.15, -0.1) is 4.31 Å². The Morgan fingerprint density at radius 3 is 2.39 bits per heavy atom. The second-order valence-corrected chi connectivity index (χ2v) is 7.77. The van der Waals surface area contributed by atoms with Gasteiger partial charge in [-0.3, -0.25) is 4.90 Å². The van der Waals surface area contributed by atoms with Crippen molar-refractivity contribution in [2.75, 3.05) is 9.21 Å². The van der Waals surface area contributed by atoms with Gasteiger partial charge in [0.2, 0.25) is 4.90 Å². The van der Waals surface area contributed by atoms with Crippen LogP contribution in [0.3, 0.4) is 0 Å². The van der Waals surface area contributed by atoms with Crippen molar-refractivity contribution >= 4 is 40.4 Å². The Hall–Kier alpha value is -2.61. The quantitative estimate of drug-likeness (QED) is 0.543. The Morgan fingerprint density at radius 2 is 1.68 bits per heavy atom. The second-order valence-electron chi connectivity index (χ2n) is 6.06. The minimum absolute atomic E-state index is 0.143. The van der Waals surface area contributed by atoms with E-state index in [0.29, 0.717) is 10.6 Å². The number of para-hydroxylation sites is 1. The summed E-state index contributed by atoms with van der Waals surface area (Å²) in [5.41, 5.74) is 0.825. The van der Waals surface area contributed by atoms with Crippen molar-refractivity contribution in [2.45, 2.75) is 11.4 Å². The number of carbonyl (C=O) groups excluding carboxylic acids is 1. The van der Waals surface area contributed by atoms with Gasteiger partial charge in [0.15, 0.2) is 0 Å². The summed E-state index contributed by atoms with van der Waals surface area (Å²) >= 11 is 4.29. The standard InChI is InChI=1S/C20H13ClF2N2O2S/c21-16-4-3-5-17(23)15(16)12-24-18-6-1-2-7-19(18)28(27)25(20(24)26)14-10-8-13(22)9-11-14/h1-11H,12H2. The van der Waals surface area contributed by atoms with E-state index in [1.807, 2.05) is 0 Å². The third kappa shape index (κ3) is 3.22. The predicted molar refractivity (Wildman–Crippen MR) is 105 cm³/mol. The van der Waals surface area contributed by atoms with Crippen LogP contribution in [0.15, 0.2) is 71.6 Å². The number of halogens is 3. The Kier molecular flexibility index (Phi) is 4.97. The first-order chi connectivity index (χ1) is 13.5. The van der Waals surface area contributed by atoms with Crippen LogP contribution in [-0.4, -0.2) is 10.6 Å². The Bertz CT molecular complexity index is 1030. The van der Waals surface area contributed by atoms with Gasteiger partial charge in [0.25, 0.3) is 0 Å². The fourth-order valence-electron chi connectivity index (χ4n) is 2.99. The van der Waals surface area contributed by atoms with Gasteiger partial charge >= 0.3 is 6.03 Å². The average Bonchev–Trinajstić information content (AvgIpc) is 2.69. The summed E-state index contributed by atoms with van der Waals surface area (Å²) in [5.74, 6) is -1.02. The van der Waals surface area contributed by atoms with Gasteiger partial charge < -0.3 is 4.55 Å². The van der Waals surface area contributed by atoms with E-state index in [1.165, 1.54) is 47.4 Å². The van der Waals surface area contributed by atoms with Gasteiger partial charge in [0.1, 0.15) is 28.7 Å². The van der Waals surface area contributed by atoms with Gasteiger partial charge in [-0.25, -0.2) is 13.6 Å². The van der Waals surface area contributed by atoms with Crippen LogP contribution in [-0.2, 0) is 17.9 Å². The number of benzene rings is 3. The van der Waals surface area contributed by atoms with E-state index in [-0.39, 0.29) is 22.8 Å². The summed E-state index contributed by atoms with van der Waals surface area (Å²) < 4.78 is 41.7. The number of nitrogens with zero attached hydrogens (tertiary/aromatic N) is 2. The zero-order valence-electron chi connectivity index (χ0n) is 14.3. The summed E-state index contributed by atoms with van der Waals surface area (Å²) in [5, 5.41) is 0.185. The average molecular weight is 419 g/mol. The molecule has 142 valence electrons. The molecule has 0 saturated carbocycles. The highest BCUT2D eigenvalue weighted by atomic mass is 35.5. The summed E-state index contributed by atoms with van der Waals surface area (Å²) in [4.78, 5) is 14.9. The van der Waals surface area contributed by atoms with E-state index in [2.05, 4.69) is 0 Å². The molecule has 1 atom stereocenters. The molecule has 4 rings (SSSR count). The molecule has 1 aliphatic heterocycles. The molecule has 3 aromatic carbocycles. The molecule has 2 amide bonds. The Labute approximate surface area is 168 Å². The van der Waals surface area contributed by atoms with Crippen molar-refractivity contribution in [2.24, 2.45) is 0 Å². The number of amides is 2. The maximum absolute atomic E-state index is 14.3. The highest BCUT2D eigenvalue weighted by molar-refractivity contribution is 7.94. The van der Waals surface area contributed by atoms with Crippen LogP contribution in [0.4, 0.5) is 25.0 Å². The summed E-state index contributed by atoms with van der Waals surface area (Å²) in [6.07, 6.45) is 0. The van der Waals surface area contributed by atoms with Crippen LogP contribution in [0.2, 0.25) is 5.02 Å². The van der Waals surface area contributed by atoms with E-state index in [0.717, 1.165) is 4.31 Å². The molecular weight excluding hydrogens is 406 g/mol. The van der Waals surface area contributed by atoms with E-state index in [1.54, 1.807) is 24.3 Å². The topological polar surface area (TPSA) is 46.6 Å². The zero-order chi connectivity index (χ0) is 19.8. The van der Waals surface area contributed by atoms with Gasteiger partial charge in [-0.2, -0.15) is 0 Å². The van der Waals surface area contributed by atoms with Gasteiger partial charge in [0.05, 0.1) is 12.2 Å². The van der Waals surface area contributed by atoms with Crippen molar-refractivity contribution in [1.29, 1.82) is 0 Å². The number of hydrogen-bond donors (Lipinski definition) is 0. The summed E-state index contributed by atoms with van der Waals surface area (Å²) in [6.45, 7) is -0.143. The number of rotatable bonds is 3. The van der Waals surface area contributed by atoms with E-state index in [4.69, 9.17) is 11.6 Å². The number of fused-ring (bicyclic) bond motifs is 1. The number of carbonyl (C=O) groups is 1. The molecule has 0 N–H and O–H groups in total. The number of anilines is 2. The molecule has 4 nitrogen and oxygen atoms in total. The van der Waals surface area contributed by atoms with Crippen molar-refractivity contribution in [3.63, 3.8) is 0 Å². The van der Waals surface area contributed by atoms with Gasteiger partial charge in [-0.1, -0.05) is 29.8 Å². The molecule has 1 unspecified atom stereocenters. The highest BCUT2D eigenvalue weighted by Crippen LogP contribution is 2.38. The van der Waals surface area contributed by atoms with Crippen LogP contribution in [0.25, 0.3) is 0 Å². The van der Waals surface area contributed by atoms with Crippen molar-refractivity contribution in [3.05, 3.63) is 89.0 Å². The van der Waals surface area contributed by atoms with Crippen LogP contribution in [0, 0.1) is 11.6 Å². The molecule has 3 aromatic rings. The second kappa shape index (κ2) is 7.43. The van der Waals surface area contributed by atoms with Crippen LogP contribution < -0.4 is 9.21 Å². The van der Waals surface area contributed by atoms with Crippen molar-refractivity contribution < 1.29 is 18.1 Å². The minimum atomic E-state index is -1.84. The van der Waals surface area contributed by atoms with Gasteiger partial charge in [-0.05, 0) is 48.5 Å². The minimum Gasteiger partial charge on any atom is -0.587 e. The molecule has 0 saturated heterocycles. The maximum Gasteiger partial charge on any atom is 0.371 e. The van der Waals surface area contributed by atoms with Gasteiger partial charge in [0, 0.05) is 10.6 Å². The van der Waals surface area contributed by atoms with E-state index in [9.17, 15) is 18.1 Å². The number of urea groups is 1. The molecular formula is C20H13ClF2N2O2S. The lowest BCUT2D eigenvalue weighted by Gasteiger charge is -2.36. The SMILES string of the molecule is O=C1N(Cc2c(F)cccc2Cl)c2ccccc2[S+]([O-])N1c1ccc(F)cc1. The highest BCUT2D eigenvalue weighted by Gasteiger charge is 2.43. The molecule has 0 aromatic heterocycles. The van der Waals surface area contributed by atoms with Crippen molar-refractivity contribution in [3.8, 4) is 0 Å². The third-order valence-corrected chi connectivity index (χ3v) is 6.13. The molecule has 0 fully saturated rings. The molecule has 0 radical (unpaired) electrons.